The van der Waals surface area contributed by atoms with E-state index in [1.807, 2.05) is 11.8 Å². The summed E-state index contributed by atoms with van der Waals surface area (Å²) in [6.45, 7) is 4.45. The van der Waals surface area contributed by atoms with Crippen molar-refractivity contribution in [2.24, 2.45) is 4.99 Å². The van der Waals surface area contributed by atoms with Gasteiger partial charge in [-0.25, -0.2) is 0 Å². The summed E-state index contributed by atoms with van der Waals surface area (Å²) in [4.78, 5) is 4.81. The lowest BCUT2D eigenvalue weighted by atomic mass is 10.1. The number of benzene rings is 1. The van der Waals surface area contributed by atoms with E-state index in [2.05, 4.69) is 49.5 Å². The van der Waals surface area contributed by atoms with Crippen molar-refractivity contribution in [3.05, 3.63) is 35.9 Å². The van der Waals surface area contributed by atoms with Gasteiger partial charge in [0.2, 0.25) is 0 Å². The van der Waals surface area contributed by atoms with Crippen molar-refractivity contribution in [1.29, 1.82) is 0 Å². The molecule has 1 saturated carbocycles. The number of amidine groups is 1. The maximum atomic E-state index is 4.81. The van der Waals surface area contributed by atoms with Crippen molar-refractivity contribution in [2.75, 3.05) is 5.75 Å². The van der Waals surface area contributed by atoms with Crippen molar-refractivity contribution in [3.8, 4) is 0 Å². The van der Waals surface area contributed by atoms with Crippen LogP contribution in [0.4, 0.5) is 0 Å². The Kier molecular flexibility index (Phi) is 2.66. The minimum Gasteiger partial charge on any atom is -0.359 e. The number of nitrogens with one attached hydrogen (secondary N) is 1. The van der Waals surface area contributed by atoms with Gasteiger partial charge < -0.3 is 5.32 Å². The van der Waals surface area contributed by atoms with Gasteiger partial charge in [0.15, 0.2) is 5.17 Å². The summed E-state index contributed by atoms with van der Waals surface area (Å²) >= 11 is 1.85. The lowest BCUT2D eigenvalue weighted by molar-refractivity contribution is 0.536. The van der Waals surface area contributed by atoms with E-state index < -0.39 is 0 Å². The number of thioether (sulfide) groups is 1. The van der Waals surface area contributed by atoms with E-state index in [9.17, 15) is 0 Å². The van der Waals surface area contributed by atoms with Crippen LogP contribution >= 0.6 is 11.8 Å². The summed E-state index contributed by atoms with van der Waals surface area (Å²) in [6, 6.07) is 11.2. The van der Waals surface area contributed by atoms with Crippen molar-refractivity contribution >= 4 is 16.9 Å². The molecular formula is C14H18N2S. The van der Waals surface area contributed by atoms with Crippen LogP contribution in [0.5, 0.6) is 0 Å². The molecule has 1 aliphatic carbocycles. The molecule has 1 aromatic rings. The van der Waals surface area contributed by atoms with Gasteiger partial charge >= 0.3 is 0 Å². The monoisotopic (exact) mass is 246 g/mol. The number of hydrogen-bond donors (Lipinski definition) is 1. The second kappa shape index (κ2) is 4.05. The molecule has 2 fully saturated rings. The fraction of sp³-hybridized carbons (Fsp3) is 0.500. The van der Waals surface area contributed by atoms with Gasteiger partial charge in [-0.1, -0.05) is 42.1 Å². The van der Waals surface area contributed by atoms with Crippen LogP contribution in [-0.4, -0.2) is 22.5 Å². The maximum absolute atomic E-state index is 4.81. The standard InChI is InChI=1S/C14H18N2S/c1-14(2)9-17-13(16-14)15-12-8-11(12)10-6-4-3-5-7-10/h3-7,11-12H,8-9H2,1-2H3,(H,15,16). The second-order valence-corrected chi connectivity index (χ2v) is 6.52. The molecule has 0 radical (unpaired) electrons. The highest BCUT2D eigenvalue weighted by Gasteiger charge is 2.39. The van der Waals surface area contributed by atoms with Crippen LogP contribution in [0.15, 0.2) is 35.3 Å². The summed E-state index contributed by atoms with van der Waals surface area (Å²) in [5.41, 5.74) is 1.64. The number of aliphatic imine (C=N–C) groups is 1. The lowest BCUT2D eigenvalue weighted by Gasteiger charge is -2.15. The Bertz CT molecular complexity index is 439. The third kappa shape index (κ3) is 2.49. The van der Waals surface area contributed by atoms with Crippen molar-refractivity contribution in [1.82, 2.24) is 5.32 Å². The first kappa shape index (κ1) is 11.1. The van der Waals surface area contributed by atoms with Crippen LogP contribution in [0, 0.1) is 0 Å². The summed E-state index contributed by atoms with van der Waals surface area (Å²) in [6.07, 6.45) is 1.20. The summed E-state index contributed by atoms with van der Waals surface area (Å²) in [5, 5.41) is 4.62. The zero-order valence-corrected chi connectivity index (χ0v) is 11.1. The highest BCUT2D eigenvalue weighted by Crippen LogP contribution is 2.44. The van der Waals surface area contributed by atoms with Gasteiger partial charge in [-0.2, -0.15) is 0 Å². The molecule has 2 unspecified atom stereocenters. The van der Waals surface area contributed by atoms with E-state index in [4.69, 9.17) is 4.99 Å². The Balaban J connectivity index is 1.65. The van der Waals surface area contributed by atoms with Gasteiger partial charge in [0.05, 0.1) is 6.04 Å². The summed E-state index contributed by atoms with van der Waals surface area (Å²) in [5.74, 6) is 1.77. The fourth-order valence-electron chi connectivity index (χ4n) is 2.21. The molecule has 2 aliphatic rings. The first-order chi connectivity index (χ1) is 8.14. The van der Waals surface area contributed by atoms with Crippen LogP contribution in [0.1, 0.15) is 31.7 Å². The van der Waals surface area contributed by atoms with Crippen LogP contribution in [0.3, 0.4) is 0 Å². The molecule has 3 rings (SSSR count). The largest absolute Gasteiger partial charge is 0.359 e. The molecule has 0 aromatic heterocycles. The number of nitrogens with zero attached hydrogens (tertiary/aromatic N) is 1. The molecule has 2 atom stereocenters. The smallest absolute Gasteiger partial charge is 0.157 e. The molecule has 0 amide bonds. The average Bonchev–Trinajstić information content (AvgIpc) is 2.98. The third-order valence-corrected chi connectivity index (χ3v) is 4.63. The Hall–Kier alpha value is -0.960. The van der Waals surface area contributed by atoms with E-state index in [1.54, 1.807) is 0 Å². The van der Waals surface area contributed by atoms with Crippen molar-refractivity contribution in [2.45, 2.75) is 37.8 Å². The van der Waals surface area contributed by atoms with Gasteiger partial charge in [-0.15, -0.1) is 0 Å². The zero-order valence-electron chi connectivity index (χ0n) is 10.3. The molecule has 1 aliphatic heterocycles. The van der Waals surface area contributed by atoms with Crippen LogP contribution < -0.4 is 5.32 Å². The topological polar surface area (TPSA) is 24.4 Å². The van der Waals surface area contributed by atoms with Crippen LogP contribution in [0.2, 0.25) is 0 Å². The van der Waals surface area contributed by atoms with Gasteiger partial charge in [-0.3, -0.25) is 4.99 Å². The number of rotatable bonds is 2. The van der Waals surface area contributed by atoms with Gasteiger partial charge in [-0.05, 0) is 25.8 Å². The molecule has 1 aromatic carbocycles. The summed E-state index contributed by atoms with van der Waals surface area (Å²) < 4.78 is 0. The van der Waals surface area contributed by atoms with E-state index >= 15 is 0 Å². The lowest BCUT2D eigenvalue weighted by Crippen LogP contribution is -2.37. The first-order valence-electron chi connectivity index (χ1n) is 6.18. The maximum Gasteiger partial charge on any atom is 0.157 e. The van der Waals surface area contributed by atoms with E-state index in [1.165, 1.54) is 12.0 Å². The van der Waals surface area contributed by atoms with Crippen LogP contribution in [-0.2, 0) is 0 Å². The normalized spacial score (nSPS) is 32.5. The van der Waals surface area contributed by atoms with Gasteiger partial charge in [0, 0.05) is 17.2 Å². The minimum absolute atomic E-state index is 0.209. The third-order valence-electron chi connectivity index (χ3n) is 3.28. The Morgan fingerprint density at radius 2 is 2.06 bits per heavy atom. The highest BCUT2D eigenvalue weighted by molar-refractivity contribution is 8.14. The molecule has 1 saturated heterocycles. The molecule has 2 nitrogen and oxygen atoms in total. The van der Waals surface area contributed by atoms with Crippen molar-refractivity contribution < 1.29 is 0 Å². The quantitative estimate of drug-likeness (QED) is 0.867. The van der Waals surface area contributed by atoms with E-state index in [0.717, 1.165) is 10.9 Å². The minimum atomic E-state index is 0.209. The first-order valence-corrected chi connectivity index (χ1v) is 7.16. The van der Waals surface area contributed by atoms with E-state index in [-0.39, 0.29) is 5.54 Å². The van der Waals surface area contributed by atoms with Gasteiger partial charge in [0.25, 0.3) is 0 Å². The Morgan fingerprint density at radius 3 is 2.71 bits per heavy atom. The molecule has 17 heavy (non-hydrogen) atoms. The van der Waals surface area contributed by atoms with E-state index in [0.29, 0.717) is 12.0 Å². The molecule has 1 heterocycles. The average molecular weight is 246 g/mol. The van der Waals surface area contributed by atoms with Gasteiger partial charge in [0.1, 0.15) is 0 Å². The Labute approximate surface area is 107 Å². The molecule has 1 N–H and O–H groups in total. The Morgan fingerprint density at radius 1 is 1.29 bits per heavy atom. The van der Waals surface area contributed by atoms with Crippen molar-refractivity contribution in [3.63, 3.8) is 0 Å². The zero-order chi connectivity index (χ0) is 11.9. The molecular weight excluding hydrogens is 228 g/mol. The summed E-state index contributed by atoms with van der Waals surface area (Å²) in [7, 11) is 0. The SMILES string of the molecule is CC1(C)CSC(=NC2CC2c2ccccc2)N1. The fourth-order valence-corrected chi connectivity index (χ4v) is 3.34. The predicted molar refractivity (Wildman–Crippen MR) is 74.7 cm³/mol. The molecule has 0 bridgehead atoms. The predicted octanol–water partition coefficient (Wildman–Crippen LogP) is 3.01. The molecule has 90 valence electrons. The highest BCUT2D eigenvalue weighted by atomic mass is 32.2. The molecule has 3 heteroatoms. The second-order valence-electron chi connectivity index (χ2n) is 5.55. The number of hydrogen-bond acceptors (Lipinski definition) is 2. The molecule has 0 spiro atoms. The van der Waals surface area contributed by atoms with Crippen LogP contribution in [0.25, 0.3) is 0 Å².